The first-order valence-corrected chi connectivity index (χ1v) is 6.17. The molecule has 2 aromatic rings. The Hall–Kier alpha value is -1.65. The van der Waals surface area contributed by atoms with E-state index in [1.54, 1.807) is 18.2 Å². The third kappa shape index (κ3) is 3.66. The van der Waals surface area contributed by atoms with Crippen molar-refractivity contribution in [2.75, 3.05) is 5.32 Å². The number of halogens is 3. The molecule has 0 saturated heterocycles. The molecule has 98 valence electrons. The molecule has 0 radical (unpaired) electrons. The highest BCUT2D eigenvalue weighted by Crippen LogP contribution is 2.20. The summed E-state index contributed by atoms with van der Waals surface area (Å²) in [6.07, 6.45) is -0.167. The normalized spacial score (nSPS) is 10.3. The highest BCUT2D eigenvalue weighted by atomic mass is 35.5. The highest BCUT2D eigenvalue weighted by Gasteiger charge is 2.12. The van der Waals surface area contributed by atoms with Gasteiger partial charge in [-0.25, -0.2) is 9.37 Å². The second kappa shape index (κ2) is 5.99. The van der Waals surface area contributed by atoms with Crippen molar-refractivity contribution in [1.82, 2.24) is 4.98 Å². The number of hydrogen-bond acceptors (Lipinski definition) is 2. The molecule has 1 aromatic carbocycles. The molecule has 0 fully saturated rings. The molecule has 0 spiro atoms. The van der Waals surface area contributed by atoms with Crippen molar-refractivity contribution in [2.45, 2.75) is 6.42 Å². The van der Waals surface area contributed by atoms with Crippen LogP contribution in [0.4, 0.5) is 10.2 Å². The molecular formula is C13H9Cl2FN2O. The van der Waals surface area contributed by atoms with Crippen molar-refractivity contribution in [1.29, 1.82) is 0 Å². The van der Waals surface area contributed by atoms with Crippen LogP contribution in [0.25, 0.3) is 0 Å². The third-order valence-corrected chi connectivity index (χ3v) is 2.95. The molecule has 1 amide bonds. The van der Waals surface area contributed by atoms with Gasteiger partial charge in [0.2, 0.25) is 5.91 Å². The summed E-state index contributed by atoms with van der Waals surface area (Å²) >= 11 is 11.5. The minimum atomic E-state index is -0.512. The molecule has 0 saturated carbocycles. The minimum Gasteiger partial charge on any atom is -0.310 e. The Balaban J connectivity index is 2.10. The Morgan fingerprint density at radius 1 is 1.21 bits per heavy atom. The predicted octanol–water partition coefficient (Wildman–Crippen LogP) is 3.71. The van der Waals surface area contributed by atoms with Crippen LogP contribution in [0, 0.1) is 5.82 Å². The maximum atomic E-state index is 13.5. The van der Waals surface area contributed by atoms with Gasteiger partial charge in [0.05, 0.1) is 6.42 Å². The fourth-order valence-corrected chi connectivity index (χ4v) is 1.92. The van der Waals surface area contributed by atoms with Crippen LogP contribution in [0.3, 0.4) is 0 Å². The molecule has 0 aliphatic rings. The maximum Gasteiger partial charge on any atom is 0.230 e. The van der Waals surface area contributed by atoms with Crippen LogP contribution in [0.5, 0.6) is 0 Å². The number of rotatable bonds is 3. The van der Waals surface area contributed by atoms with Crippen molar-refractivity contribution >= 4 is 34.9 Å². The average Bonchev–Trinajstić information content (AvgIpc) is 2.34. The molecule has 0 unspecified atom stereocenters. The molecule has 3 nitrogen and oxygen atoms in total. The van der Waals surface area contributed by atoms with Crippen molar-refractivity contribution in [3.8, 4) is 0 Å². The smallest absolute Gasteiger partial charge is 0.230 e. The fourth-order valence-electron chi connectivity index (χ4n) is 1.53. The Kier molecular flexibility index (Phi) is 4.35. The molecule has 0 bridgehead atoms. The zero-order valence-corrected chi connectivity index (χ0v) is 11.2. The zero-order chi connectivity index (χ0) is 13.8. The summed E-state index contributed by atoms with van der Waals surface area (Å²) < 4.78 is 13.5. The Bertz CT molecular complexity index is 599. The first-order chi connectivity index (χ1) is 9.06. The average molecular weight is 299 g/mol. The summed E-state index contributed by atoms with van der Waals surface area (Å²) in [4.78, 5) is 15.7. The van der Waals surface area contributed by atoms with E-state index in [0.717, 1.165) is 0 Å². The molecule has 6 heteroatoms. The molecular weight excluding hydrogens is 290 g/mol. The van der Waals surface area contributed by atoms with Gasteiger partial charge in [0.15, 0.2) is 0 Å². The summed E-state index contributed by atoms with van der Waals surface area (Å²) in [5.41, 5.74) is 0.156. The van der Waals surface area contributed by atoms with Gasteiger partial charge in [-0.2, -0.15) is 0 Å². The number of carbonyl (C=O) groups excluding carboxylic acids is 1. The zero-order valence-electron chi connectivity index (χ0n) is 9.66. The summed E-state index contributed by atoms with van der Waals surface area (Å²) in [6, 6.07) is 9.10. The van der Waals surface area contributed by atoms with E-state index in [1.165, 1.54) is 18.2 Å². The quantitative estimate of drug-likeness (QED) is 0.878. The second-order valence-electron chi connectivity index (χ2n) is 3.77. The fraction of sp³-hybridized carbons (Fsp3) is 0.0769. The largest absolute Gasteiger partial charge is 0.310 e. The van der Waals surface area contributed by atoms with Crippen LogP contribution in [0.1, 0.15) is 5.56 Å². The number of aromatic nitrogens is 1. The van der Waals surface area contributed by atoms with E-state index < -0.39 is 11.7 Å². The molecule has 1 N–H and O–H groups in total. The number of hydrogen-bond donors (Lipinski definition) is 1. The molecule has 0 aliphatic carbocycles. The Morgan fingerprint density at radius 3 is 2.63 bits per heavy atom. The molecule has 1 heterocycles. The summed E-state index contributed by atoms with van der Waals surface area (Å²) in [7, 11) is 0. The van der Waals surface area contributed by atoms with Crippen LogP contribution in [0.2, 0.25) is 10.2 Å². The van der Waals surface area contributed by atoms with Gasteiger partial charge in [-0.15, -0.1) is 0 Å². The van der Waals surface area contributed by atoms with Crippen molar-refractivity contribution in [2.24, 2.45) is 0 Å². The van der Waals surface area contributed by atoms with Crippen LogP contribution in [-0.2, 0) is 11.2 Å². The Labute approximate surface area is 119 Å². The molecule has 2 rings (SSSR count). The SMILES string of the molecule is O=C(Cc1c(F)cccc1Cl)Nc1cccc(Cl)n1. The predicted molar refractivity (Wildman–Crippen MR) is 73.0 cm³/mol. The van der Waals surface area contributed by atoms with Crippen LogP contribution in [-0.4, -0.2) is 10.9 Å². The van der Waals surface area contributed by atoms with Gasteiger partial charge >= 0.3 is 0 Å². The first kappa shape index (κ1) is 13.8. The van der Waals surface area contributed by atoms with Gasteiger partial charge in [-0.1, -0.05) is 35.3 Å². The number of amides is 1. The van der Waals surface area contributed by atoms with Crippen LogP contribution in [0.15, 0.2) is 36.4 Å². The number of anilines is 1. The number of benzene rings is 1. The summed E-state index contributed by atoms with van der Waals surface area (Å²) in [5.74, 6) is -0.617. The van der Waals surface area contributed by atoms with E-state index in [4.69, 9.17) is 23.2 Å². The van der Waals surface area contributed by atoms with Crippen LogP contribution >= 0.6 is 23.2 Å². The lowest BCUT2D eigenvalue weighted by molar-refractivity contribution is -0.115. The van der Waals surface area contributed by atoms with E-state index in [1.807, 2.05) is 0 Å². The monoisotopic (exact) mass is 298 g/mol. The first-order valence-electron chi connectivity index (χ1n) is 5.41. The van der Waals surface area contributed by atoms with Crippen LogP contribution < -0.4 is 5.32 Å². The second-order valence-corrected chi connectivity index (χ2v) is 4.57. The number of carbonyl (C=O) groups is 1. The van der Waals surface area contributed by atoms with E-state index in [9.17, 15) is 9.18 Å². The highest BCUT2D eigenvalue weighted by molar-refractivity contribution is 6.31. The maximum absolute atomic E-state index is 13.5. The van der Waals surface area contributed by atoms with Gasteiger partial charge < -0.3 is 5.32 Å². The number of pyridine rings is 1. The van der Waals surface area contributed by atoms with Gasteiger partial charge in [-0.05, 0) is 24.3 Å². The topological polar surface area (TPSA) is 42.0 Å². The molecule has 19 heavy (non-hydrogen) atoms. The lowest BCUT2D eigenvalue weighted by Crippen LogP contribution is -2.16. The lowest BCUT2D eigenvalue weighted by atomic mass is 10.1. The van der Waals surface area contributed by atoms with Crippen molar-refractivity contribution in [3.05, 3.63) is 58.0 Å². The van der Waals surface area contributed by atoms with Crippen molar-refractivity contribution in [3.63, 3.8) is 0 Å². The lowest BCUT2D eigenvalue weighted by Gasteiger charge is -2.07. The minimum absolute atomic E-state index is 0.156. The van der Waals surface area contributed by atoms with Gasteiger partial charge in [0, 0.05) is 10.6 Å². The van der Waals surface area contributed by atoms with E-state index in [0.29, 0.717) is 5.82 Å². The number of nitrogens with one attached hydrogen (secondary N) is 1. The molecule has 0 atom stereocenters. The van der Waals surface area contributed by atoms with Gasteiger partial charge in [0.25, 0.3) is 0 Å². The van der Waals surface area contributed by atoms with Gasteiger partial charge in [0.1, 0.15) is 16.8 Å². The standard InChI is InChI=1S/C13H9Cl2FN2O/c14-9-3-1-4-10(16)8(9)7-13(19)18-12-6-2-5-11(15)17-12/h1-6H,7H2,(H,17,18,19). The van der Waals surface area contributed by atoms with Crippen molar-refractivity contribution < 1.29 is 9.18 Å². The Morgan fingerprint density at radius 2 is 1.95 bits per heavy atom. The van der Waals surface area contributed by atoms with E-state index in [-0.39, 0.29) is 22.2 Å². The van der Waals surface area contributed by atoms with Gasteiger partial charge in [-0.3, -0.25) is 4.79 Å². The summed E-state index contributed by atoms with van der Waals surface area (Å²) in [5, 5.41) is 3.01. The van der Waals surface area contributed by atoms with E-state index >= 15 is 0 Å². The molecule has 0 aliphatic heterocycles. The molecule has 1 aromatic heterocycles. The van der Waals surface area contributed by atoms with E-state index in [2.05, 4.69) is 10.3 Å². The summed E-state index contributed by atoms with van der Waals surface area (Å²) in [6.45, 7) is 0. The third-order valence-electron chi connectivity index (χ3n) is 2.38. The number of nitrogens with zero attached hydrogens (tertiary/aromatic N) is 1.